The second kappa shape index (κ2) is 3.86. The quantitative estimate of drug-likeness (QED) is 0.694. The molecule has 1 aliphatic rings. The molecule has 0 fully saturated rings. The van der Waals surface area contributed by atoms with Crippen LogP contribution in [0.4, 0.5) is 13.2 Å². The number of alkyl halides is 3. The maximum atomic E-state index is 12.2. The zero-order valence-corrected chi connectivity index (χ0v) is 7.56. The van der Waals surface area contributed by atoms with Crippen LogP contribution in [0.3, 0.4) is 0 Å². The van der Waals surface area contributed by atoms with Crippen molar-refractivity contribution in [2.75, 3.05) is 7.05 Å². The van der Waals surface area contributed by atoms with Gasteiger partial charge < -0.3 is 5.32 Å². The van der Waals surface area contributed by atoms with Crippen LogP contribution >= 0.6 is 0 Å². The number of rotatable bonds is 1. The summed E-state index contributed by atoms with van der Waals surface area (Å²) in [7, 11) is 1.44. The van der Waals surface area contributed by atoms with Crippen LogP contribution in [0, 0.1) is 5.92 Å². The zero-order valence-electron chi connectivity index (χ0n) is 7.56. The second-order valence-corrected chi connectivity index (χ2v) is 2.98. The summed E-state index contributed by atoms with van der Waals surface area (Å²) in [6.07, 6.45) is -0.855. The summed E-state index contributed by atoms with van der Waals surface area (Å²) in [6.45, 7) is 0. The Balaban J connectivity index is 2.67. The van der Waals surface area contributed by atoms with Crippen LogP contribution in [0.25, 0.3) is 0 Å². The highest BCUT2D eigenvalue weighted by Crippen LogP contribution is 2.32. The molecule has 1 rings (SSSR count). The van der Waals surface area contributed by atoms with Gasteiger partial charge in [0, 0.05) is 12.6 Å². The van der Waals surface area contributed by atoms with Gasteiger partial charge in [-0.1, -0.05) is 18.2 Å². The maximum Gasteiger partial charge on any atom is 0.395 e. The predicted molar refractivity (Wildman–Crippen MR) is 45.5 cm³/mol. The highest BCUT2D eigenvalue weighted by atomic mass is 19.4. The molecule has 0 bridgehead atoms. The van der Waals surface area contributed by atoms with Gasteiger partial charge in [0.25, 0.3) is 5.91 Å². The minimum absolute atomic E-state index is 0.164. The van der Waals surface area contributed by atoms with Crippen molar-refractivity contribution >= 4 is 5.91 Å². The first kappa shape index (κ1) is 10.8. The average molecular weight is 205 g/mol. The third-order valence-corrected chi connectivity index (χ3v) is 2.01. The Hall–Kier alpha value is -1.26. The van der Waals surface area contributed by atoms with Crippen molar-refractivity contribution in [2.24, 2.45) is 5.92 Å². The van der Waals surface area contributed by atoms with Crippen LogP contribution in [-0.4, -0.2) is 19.1 Å². The molecule has 2 nitrogen and oxygen atoms in total. The number of nitrogens with one attached hydrogen (secondary N) is 1. The fraction of sp³-hybridized carbons (Fsp3) is 0.444. The van der Waals surface area contributed by atoms with Crippen molar-refractivity contribution in [3.05, 3.63) is 23.8 Å². The van der Waals surface area contributed by atoms with Crippen molar-refractivity contribution in [3.63, 3.8) is 0 Å². The standard InChI is InChI=1S/C9H10F3NO/c1-13-8(14)6-2-4-7(5-3-6)9(10,11)12/h2-4,7H,5H2,1H3,(H,13,14). The lowest BCUT2D eigenvalue weighted by atomic mass is 9.96. The van der Waals surface area contributed by atoms with E-state index in [0.29, 0.717) is 0 Å². The van der Waals surface area contributed by atoms with E-state index in [2.05, 4.69) is 5.32 Å². The number of carbonyl (C=O) groups excluding carboxylic acids is 1. The largest absolute Gasteiger partial charge is 0.395 e. The molecule has 1 aliphatic carbocycles. The van der Waals surface area contributed by atoms with Crippen LogP contribution < -0.4 is 5.32 Å². The van der Waals surface area contributed by atoms with Crippen LogP contribution in [0.1, 0.15) is 6.42 Å². The first-order chi connectivity index (χ1) is 6.45. The first-order valence-electron chi connectivity index (χ1n) is 4.12. The third-order valence-electron chi connectivity index (χ3n) is 2.01. The monoisotopic (exact) mass is 205 g/mol. The molecule has 1 amide bonds. The Morgan fingerprint density at radius 2 is 2.21 bits per heavy atom. The Morgan fingerprint density at radius 1 is 1.57 bits per heavy atom. The number of hydrogen-bond donors (Lipinski definition) is 1. The van der Waals surface area contributed by atoms with E-state index in [1.165, 1.54) is 19.2 Å². The van der Waals surface area contributed by atoms with Crippen molar-refractivity contribution in [1.82, 2.24) is 5.32 Å². The summed E-state index contributed by atoms with van der Waals surface area (Å²) in [6, 6.07) is 0. The molecule has 5 heteroatoms. The summed E-state index contributed by atoms with van der Waals surface area (Å²) in [5.41, 5.74) is 0.285. The lowest BCUT2D eigenvalue weighted by molar-refractivity contribution is -0.160. The lowest BCUT2D eigenvalue weighted by Gasteiger charge is -2.18. The molecule has 0 aromatic rings. The van der Waals surface area contributed by atoms with E-state index in [4.69, 9.17) is 0 Å². The van der Waals surface area contributed by atoms with E-state index in [1.54, 1.807) is 0 Å². The van der Waals surface area contributed by atoms with E-state index in [0.717, 1.165) is 6.08 Å². The molecule has 0 heterocycles. The SMILES string of the molecule is CNC(=O)C1=CCC(C(F)(F)F)C=C1. The van der Waals surface area contributed by atoms with E-state index in [9.17, 15) is 18.0 Å². The fourth-order valence-corrected chi connectivity index (χ4v) is 1.18. The third kappa shape index (κ3) is 2.37. The summed E-state index contributed by atoms with van der Waals surface area (Å²) < 4.78 is 36.5. The number of amides is 1. The Labute approximate surface area is 79.5 Å². The molecule has 0 radical (unpaired) electrons. The molecule has 14 heavy (non-hydrogen) atoms. The van der Waals surface area contributed by atoms with Crippen molar-refractivity contribution in [1.29, 1.82) is 0 Å². The smallest absolute Gasteiger partial charge is 0.355 e. The van der Waals surface area contributed by atoms with Crippen molar-refractivity contribution in [2.45, 2.75) is 12.6 Å². The van der Waals surface area contributed by atoms with Gasteiger partial charge in [0.05, 0.1) is 5.92 Å². The van der Waals surface area contributed by atoms with E-state index in [1.807, 2.05) is 0 Å². The molecule has 0 aromatic heterocycles. The molecule has 1 unspecified atom stereocenters. The molecule has 0 spiro atoms. The normalized spacial score (nSPS) is 21.7. The van der Waals surface area contributed by atoms with Crippen molar-refractivity contribution < 1.29 is 18.0 Å². The van der Waals surface area contributed by atoms with Gasteiger partial charge in [-0.2, -0.15) is 13.2 Å². The molecular formula is C9H10F3NO. The molecule has 0 saturated heterocycles. The molecule has 1 atom stereocenters. The van der Waals surface area contributed by atoms with Crippen LogP contribution in [0.5, 0.6) is 0 Å². The number of hydrogen-bond acceptors (Lipinski definition) is 1. The summed E-state index contributed by atoms with van der Waals surface area (Å²) in [4.78, 5) is 11.0. The summed E-state index contributed by atoms with van der Waals surface area (Å²) in [5, 5.41) is 2.35. The van der Waals surface area contributed by atoms with Gasteiger partial charge in [-0.3, -0.25) is 4.79 Å². The van der Waals surface area contributed by atoms with E-state index < -0.39 is 12.1 Å². The number of allylic oxidation sites excluding steroid dienone is 2. The minimum Gasteiger partial charge on any atom is -0.355 e. The van der Waals surface area contributed by atoms with E-state index in [-0.39, 0.29) is 17.9 Å². The van der Waals surface area contributed by atoms with E-state index >= 15 is 0 Å². The molecule has 0 aliphatic heterocycles. The number of likely N-dealkylation sites (N-methyl/N-ethyl adjacent to an activating group) is 1. The van der Waals surface area contributed by atoms with Crippen LogP contribution in [0.2, 0.25) is 0 Å². The second-order valence-electron chi connectivity index (χ2n) is 2.98. The highest BCUT2D eigenvalue weighted by molar-refractivity contribution is 5.96. The van der Waals surface area contributed by atoms with Gasteiger partial charge in [0.1, 0.15) is 0 Å². The first-order valence-corrected chi connectivity index (χ1v) is 4.12. The molecule has 1 N–H and O–H groups in total. The fourth-order valence-electron chi connectivity index (χ4n) is 1.18. The van der Waals surface area contributed by atoms with Gasteiger partial charge in [-0.05, 0) is 6.42 Å². The lowest BCUT2D eigenvalue weighted by Crippen LogP contribution is -2.25. The van der Waals surface area contributed by atoms with Gasteiger partial charge in [-0.25, -0.2) is 0 Å². The summed E-state index contributed by atoms with van der Waals surface area (Å²) >= 11 is 0. The number of carbonyl (C=O) groups is 1. The van der Waals surface area contributed by atoms with Gasteiger partial charge in [0.2, 0.25) is 0 Å². The highest BCUT2D eigenvalue weighted by Gasteiger charge is 2.37. The number of halogens is 3. The Morgan fingerprint density at radius 3 is 2.57 bits per heavy atom. The summed E-state index contributed by atoms with van der Waals surface area (Å²) in [5.74, 6) is -1.82. The average Bonchev–Trinajstić information content (AvgIpc) is 2.15. The topological polar surface area (TPSA) is 29.1 Å². The van der Waals surface area contributed by atoms with Crippen molar-refractivity contribution in [3.8, 4) is 0 Å². The molecule has 78 valence electrons. The molecular weight excluding hydrogens is 195 g/mol. The maximum absolute atomic E-state index is 12.2. The Bertz CT molecular complexity index is 291. The minimum atomic E-state index is -4.22. The predicted octanol–water partition coefficient (Wildman–Crippen LogP) is 1.80. The van der Waals surface area contributed by atoms with Crippen LogP contribution in [0.15, 0.2) is 23.8 Å². The van der Waals surface area contributed by atoms with Crippen LogP contribution in [-0.2, 0) is 4.79 Å². The van der Waals surface area contributed by atoms with Gasteiger partial charge in [-0.15, -0.1) is 0 Å². The molecule has 0 saturated carbocycles. The van der Waals surface area contributed by atoms with Gasteiger partial charge >= 0.3 is 6.18 Å². The Kier molecular flexibility index (Phi) is 2.98. The zero-order chi connectivity index (χ0) is 10.8. The molecule has 0 aromatic carbocycles. The van der Waals surface area contributed by atoms with Gasteiger partial charge in [0.15, 0.2) is 0 Å².